The maximum atomic E-state index is 6.16. The van der Waals surface area contributed by atoms with Gasteiger partial charge in [-0.3, -0.25) is 4.98 Å². The number of hydrogen-bond donors (Lipinski definition) is 1. The number of nitrogens with zero attached hydrogens (tertiary/aromatic N) is 1. The summed E-state index contributed by atoms with van der Waals surface area (Å²) in [5.41, 5.74) is 1.62. The van der Waals surface area contributed by atoms with Crippen molar-refractivity contribution in [1.82, 2.24) is 10.3 Å². The topological polar surface area (TPSA) is 24.9 Å². The van der Waals surface area contributed by atoms with Gasteiger partial charge in [0.2, 0.25) is 0 Å². The maximum absolute atomic E-state index is 6.16. The largest absolute Gasteiger partial charge is 0.317 e. The van der Waals surface area contributed by atoms with E-state index in [9.17, 15) is 0 Å². The SMILES string of the molecule is CNC1CCC(C)(Cc2ccncc2Cl)C1. The van der Waals surface area contributed by atoms with Gasteiger partial charge in [0, 0.05) is 18.4 Å². The van der Waals surface area contributed by atoms with Gasteiger partial charge in [-0.25, -0.2) is 0 Å². The maximum Gasteiger partial charge on any atom is 0.0621 e. The van der Waals surface area contributed by atoms with E-state index in [1.807, 2.05) is 12.3 Å². The third-order valence-electron chi connectivity index (χ3n) is 3.72. The van der Waals surface area contributed by atoms with Gasteiger partial charge < -0.3 is 5.32 Å². The molecule has 16 heavy (non-hydrogen) atoms. The van der Waals surface area contributed by atoms with Gasteiger partial charge in [-0.05, 0) is 49.8 Å². The first-order chi connectivity index (χ1) is 7.63. The first-order valence-electron chi connectivity index (χ1n) is 5.89. The van der Waals surface area contributed by atoms with Crippen LogP contribution in [0.25, 0.3) is 0 Å². The second-order valence-corrected chi connectivity index (χ2v) is 5.59. The van der Waals surface area contributed by atoms with Crippen molar-refractivity contribution >= 4 is 11.6 Å². The first kappa shape index (κ1) is 11.9. The molecule has 0 aromatic carbocycles. The van der Waals surface area contributed by atoms with E-state index in [1.54, 1.807) is 6.20 Å². The smallest absolute Gasteiger partial charge is 0.0621 e. The van der Waals surface area contributed by atoms with Crippen molar-refractivity contribution in [2.75, 3.05) is 7.05 Å². The fourth-order valence-electron chi connectivity index (χ4n) is 2.74. The van der Waals surface area contributed by atoms with E-state index < -0.39 is 0 Å². The Bertz CT molecular complexity index is 367. The van der Waals surface area contributed by atoms with Crippen LogP contribution >= 0.6 is 11.6 Å². The predicted molar refractivity (Wildman–Crippen MR) is 67.8 cm³/mol. The van der Waals surface area contributed by atoms with Crippen LogP contribution in [0.4, 0.5) is 0 Å². The molecule has 88 valence electrons. The zero-order chi connectivity index (χ0) is 11.6. The van der Waals surface area contributed by atoms with Gasteiger partial charge in [0.1, 0.15) is 0 Å². The molecule has 1 aliphatic carbocycles. The van der Waals surface area contributed by atoms with E-state index in [0.717, 1.165) is 11.4 Å². The summed E-state index contributed by atoms with van der Waals surface area (Å²) in [6, 6.07) is 2.71. The highest BCUT2D eigenvalue weighted by Gasteiger charge is 2.34. The summed E-state index contributed by atoms with van der Waals surface area (Å²) in [6.45, 7) is 2.36. The Morgan fingerprint density at radius 3 is 3.06 bits per heavy atom. The Balaban J connectivity index is 2.08. The van der Waals surface area contributed by atoms with Crippen LogP contribution in [0.15, 0.2) is 18.5 Å². The second-order valence-electron chi connectivity index (χ2n) is 5.18. The van der Waals surface area contributed by atoms with Crippen LogP contribution < -0.4 is 5.32 Å². The van der Waals surface area contributed by atoms with Crippen molar-refractivity contribution in [2.24, 2.45) is 5.41 Å². The lowest BCUT2D eigenvalue weighted by Crippen LogP contribution is -2.24. The van der Waals surface area contributed by atoms with Crippen LogP contribution in [0.3, 0.4) is 0 Å². The lowest BCUT2D eigenvalue weighted by Gasteiger charge is -2.24. The van der Waals surface area contributed by atoms with E-state index in [0.29, 0.717) is 11.5 Å². The van der Waals surface area contributed by atoms with Crippen molar-refractivity contribution in [2.45, 2.75) is 38.6 Å². The summed E-state index contributed by atoms with van der Waals surface area (Å²) >= 11 is 6.16. The zero-order valence-electron chi connectivity index (χ0n) is 9.96. The van der Waals surface area contributed by atoms with Gasteiger partial charge in [0.25, 0.3) is 0 Å². The number of aromatic nitrogens is 1. The molecule has 0 saturated heterocycles. The molecule has 3 heteroatoms. The van der Waals surface area contributed by atoms with E-state index >= 15 is 0 Å². The summed E-state index contributed by atoms with van der Waals surface area (Å²) in [5.74, 6) is 0. The number of halogens is 1. The molecule has 1 fully saturated rings. The minimum absolute atomic E-state index is 0.388. The van der Waals surface area contributed by atoms with Crippen LogP contribution in [0.1, 0.15) is 31.7 Å². The molecule has 1 aliphatic rings. The minimum atomic E-state index is 0.388. The van der Waals surface area contributed by atoms with Crippen molar-refractivity contribution in [1.29, 1.82) is 0 Å². The Hall–Kier alpha value is -0.600. The number of nitrogens with one attached hydrogen (secondary N) is 1. The predicted octanol–water partition coefficient (Wildman–Crippen LogP) is 3.06. The third-order valence-corrected chi connectivity index (χ3v) is 4.06. The Kier molecular flexibility index (Phi) is 3.50. The zero-order valence-corrected chi connectivity index (χ0v) is 10.7. The summed E-state index contributed by atoms with van der Waals surface area (Å²) in [5, 5.41) is 4.18. The summed E-state index contributed by atoms with van der Waals surface area (Å²) in [7, 11) is 2.05. The van der Waals surface area contributed by atoms with Crippen molar-refractivity contribution in [3.05, 3.63) is 29.0 Å². The highest BCUT2D eigenvalue weighted by Crippen LogP contribution is 2.41. The van der Waals surface area contributed by atoms with Crippen LogP contribution in [0.5, 0.6) is 0 Å². The molecule has 1 N–H and O–H groups in total. The van der Waals surface area contributed by atoms with Gasteiger partial charge in [-0.2, -0.15) is 0 Å². The first-order valence-corrected chi connectivity index (χ1v) is 6.26. The minimum Gasteiger partial charge on any atom is -0.317 e. The van der Waals surface area contributed by atoms with Crippen LogP contribution in [0, 0.1) is 5.41 Å². The third kappa shape index (κ3) is 2.55. The lowest BCUT2D eigenvalue weighted by atomic mass is 9.82. The lowest BCUT2D eigenvalue weighted by molar-refractivity contribution is 0.324. The van der Waals surface area contributed by atoms with Crippen LogP contribution in [0.2, 0.25) is 5.02 Å². The standard InChI is InChI=1S/C13H19ClN2/c1-13(5-3-11(8-13)15-2)7-10-4-6-16-9-12(10)14/h4,6,9,11,15H,3,5,7-8H2,1-2H3. The Labute approximate surface area is 102 Å². The molecule has 1 aromatic rings. The van der Waals surface area contributed by atoms with Gasteiger partial charge in [0.05, 0.1) is 5.02 Å². The quantitative estimate of drug-likeness (QED) is 0.876. The molecule has 0 radical (unpaired) electrons. The molecule has 1 heterocycles. The second kappa shape index (κ2) is 4.72. The van der Waals surface area contributed by atoms with E-state index in [1.165, 1.54) is 24.8 Å². The van der Waals surface area contributed by atoms with Crippen LogP contribution in [-0.2, 0) is 6.42 Å². The van der Waals surface area contributed by atoms with Gasteiger partial charge >= 0.3 is 0 Å². The molecule has 2 atom stereocenters. The van der Waals surface area contributed by atoms with Gasteiger partial charge in [0.15, 0.2) is 0 Å². The Morgan fingerprint density at radius 2 is 2.44 bits per heavy atom. The molecular formula is C13H19ClN2. The van der Waals surface area contributed by atoms with Gasteiger partial charge in [-0.15, -0.1) is 0 Å². The number of rotatable bonds is 3. The molecule has 0 amide bonds. The van der Waals surface area contributed by atoms with Crippen molar-refractivity contribution < 1.29 is 0 Å². The summed E-state index contributed by atoms with van der Waals surface area (Å²) in [4.78, 5) is 4.03. The highest BCUT2D eigenvalue weighted by molar-refractivity contribution is 6.31. The van der Waals surface area contributed by atoms with Crippen molar-refractivity contribution in [3.63, 3.8) is 0 Å². The average Bonchev–Trinajstić information content (AvgIpc) is 2.64. The number of pyridine rings is 1. The number of hydrogen-bond acceptors (Lipinski definition) is 2. The van der Waals surface area contributed by atoms with Crippen molar-refractivity contribution in [3.8, 4) is 0 Å². The van der Waals surface area contributed by atoms with Gasteiger partial charge in [-0.1, -0.05) is 18.5 Å². The molecule has 0 spiro atoms. The molecular weight excluding hydrogens is 220 g/mol. The molecule has 1 saturated carbocycles. The highest BCUT2D eigenvalue weighted by atomic mass is 35.5. The van der Waals surface area contributed by atoms with Crippen LogP contribution in [-0.4, -0.2) is 18.1 Å². The molecule has 0 bridgehead atoms. The van der Waals surface area contributed by atoms with E-state index in [4.69, 9.17) is 11.6 Å². The summed E-state index contributed by atoms with van der Waals surface area (Å²) in [6.07, 6.45) is 8.42. The molecule has 0 aliphatic heterocycles. The monoisotopic (exact) mass is 238 g/mol. The Morgan fingerprint density at radius 1 is 1.62 bits per heavy atom. The molecule has 2 nitrogen and oxygen atoms in total. The van der Waals surface area contributed by atoms with E-state index in [2.05, 4.69) is 24.3 Å². The molecule has 1 aromatic heterocycles. The molecule has 2 rings (SSSR count). The van der Waals surface area contributed by atoms with E-state index in [-0.39, 0.29) is 0 Å². The fraction of sp³-hybridized carbons (Fsp3) is 0.615. The summed E-state index contributed by atoms with van der Waals surface area (Å²) < 4.78 is 0. The normalized spacial score (nSPS) is 29.6. The fourth-order valence-corrected chi connectivity index (χ4v) is 2.92. The average molecular weight is 239 g/mol. The molecule has 2 unspecified atom stereocenters.